The van der Waals surface area contributed by atoms with Gasteiger partial charge in [0.2, 0.25) is 5.91 Å². The molecule has 0 aliphatic carbocycles. The van der Waals surface area contributed by atoms with Crippen molar-refractivity contribution >= 4 is 17.3 Å². The number of hydrogen-bond acceptors (Lipinski definition) is 2. The third-order valence-corrected chi connectivity index (χ3v) is 4.28. The molecule has 0 atom stereocenters. The minimum Gasteiger partial charge on any atom is -0.371 e. The number of carbonyl (C=O) groups is 1. The van der Waals surface area contributed by atoms with E-state index in [2.05, 4.69) is 24.0 Å². The van der Waals surface area contributed by atoms with E-state index in [1.54, 1.807) is 6.92 Å². The van der Waals surface area contributed by atoms with Crippen molar-refractivity contribution in [2.45, 2.75) is 39.5 Å². The minimum atomic E-state index is 0.168. The average molecular weight is 258 g/mol. The smallest absolute Gasteiger partial charge is 0.223 e. The Labute approximate surface area is 115 Å². The molecule has 3 heteroatoms. The zero-order chi connectivity index (χ0) is 13.4. The van der Waals surface area contributed by atoms with Crippen LogP contribution in [-0.4, -0.2) is 25.5 Å². The van der Waals surface area contributed by atoms with Gasteiger partial charge in [0.05, 0.1) is 0 Å². The first-order valence-corrected chi connectivity index (χ1v) is 7.40. The van der Waals surface area contributed by atoms with E-state index in [9.17, 15) is 4.79 Å². The molecule has 0 saturated heterocycles. The van der Waals surface area contributed by atoms with Crippen LogP contribution < -0.4 is 9.80 Å². The molecule has 0 spiro atoms. The fraction of sp³-hybridized carbons (Fsp3) is 0.562. The van der Waals surface area contributed by atoms with Gasteiger partial charge in [-0.15, -0.1) is 0 Å². The number of carbonyl (C=O) groups excluding carboxylic acids is 1. The number of rotatable bonds is 2. The van der Waals surface area contributed by atoms with Gasteiger partial charge < -0.3 is 9.80 Å². The number of hydrogen-bond donors (Lipinski definition) is 0. The summed E-state index contributed by atoms with van der Waals surface area (Å²) in [5.74, 6) is 0.168. The quantitative estimate of drug-likeness (QED) is 0.814. The summed E-state index contributed by atoms with van der Waals surface area (Å²) in [5, 5.41) is 0. The predicted octanol–water partition coefficient (Wildman–Crippen LogP) is 2.76. The Morgan fingerprint density at radius 1 is 1.26 bits per heavy atom. The lowest BCUT2D eigenvalue weighted by molar-refractivity contribution is -0.116. The lowest BCUT2D eigenvalue weighted by atomic mass is 9.96. The second kappa shape index (κ2) is 4.87. The first kappa shape index (κ1) is 12.5. The summed E-state index contributed by atoms with van der Waals surface area (Å²) in [6.45, 7) is 7.04. The molecule has 2 aliphatic heterocycles. The fourth-order valence-corrected chi connectivity index (χ4v) is 3.49. The Kier molecular flexibility index (Phi) is 3.21. The van der Waals surface area contributed by atoms with Crippen LogP contribution in [0.4, 0.5) is 11.4 Å². The molecule has 1 aromatic rings. The van der Waals surface area contributed by atoms with Crippen LogP contribution in [0.1, 0.15) is 37.8 Å². The van der Waals surface area contributed by atoms with Gasteiger partial charge in [0.15, 0.2) is 0 Å². The van der Waals surface area contributed by atoms with Gasteiger partial charge >= 0.3 is 0 Å². The Morgan fingerprint density at radius 3 is 2.84 bits per heavy atom. The van der Waals surface area contributed by atoms with Crippen LogP contribution in [0, 0.1) is 0 Å². The Balaban J connectivity index is 2.07. The molecule has 3 nitrogen and oxygen atoms in total. The Hall–Kier alpha value is -1.51. The highest BCUT2D eigenvalue weighted by Crippen LogP contribution is 2.40. The highest BCUT2D eigenvalue weighted by Gasteiger charge is 2.28. The SMILES string of the molecule is CCCN1CCc2ccc3c(c21)CCCN3C(C)=O. The summed E-state index contributed by atoms with van der Waals surface area (Å²) in [7, 11) is 0. The van der Waals surface area contributed by atoms with Crippen molar-refractivity contribution in [1.82, 2.24) is 0 Å². The van der Waals surface area contributed by atoms with Gasteiger partial charge in [-0.2, -0.15) is 0 Å². The molecule has 1 aromatic carbocycles. The normalized spacial score (nSPS) is 17.4. The van der Waals surface area contributed by atoms with Crippen molar-refractivity contribution < 1.29 is 4.79 Å². The summed E-state index contributed by atoms with van der Waals surface area (Å²) in [6.07, 6.45) is 4.54. The third kappa shape index (κ3) is 2.01. The number of nitrogens with zero attached hydrogens (tertiary/aromatic N) is 2. The molecule has 0 saturated carbocycles. The molecule has 3 rings (SSSR count). The summed E-state index contributed by atoms with van der Waals surface area (Å²) in [5.41, 5.74) is 5.47. The number of amides is 1. The molecular weight excluding hydrogens is 236 g/mol. The lowest BCUT2D eigenvalue weighted by Gasteiger charge is -2.32. The summed E-state index contributed by atoms with van der Waals surface area (Å²) < 4.78 is 0. The number of fused-ring (bicyclic) bond motifs is 3. The first-order chi connectivity index (χ1) is 9.22. The van der Waals surface area contributed by atoms with Gasteiger partial charge in [-0.05, 0) is 42.9 Å². The second-order valence-corrected chi connectivity index (χ2v) is 5.58. The van der Waals surface area contributed by atoms with Crippen molar-refractivity contribution in [3.05, 3.63) is 23.3 Å². The number of benzene rings is 1. The van der Waals surface area contributed by atoms with E-state index in [1.165, 1.54) is 23.2 Å². The first-order valence-electron chi connectivity index (χ1n) is 7.40. The Bertz CT molecular complexity index is 508. The molecule has 102 valence electrons. The molecule has 0 N–H and O–H groups in total. The van der Waals surface area contributed by atoms with Crippen molar-refractivity contribution in [3.8, 4) is 0 Å². The van der Waals surface area contributed by atoms with Gasteiger partial charge in [0.1, 0.15) is 0 Å². The van der Waals surface area contributed by atoms with Crippen LogP contribution in [-0.2, 0) is 17.6 Å². The van der Waals surface area contributed by atoms with E-state index in [0.29, 0.717) is 0 Å². The molecule has 2 aliphatic rings. The molecule has 0 radical (unpaired) electrons. The van der Waals surface area contributed by atoms with Crippen LogP contribution in [0.3, 0.4) is 0 Å². The van der Waals surface area contributed by atoms with Gasteiger partial charge in [-0.25, -0.2) is 0 Å². The monoisotopic (exact) mass is 258 g/mol. The minimum absolute atomic E-state index is 0.168. The van der Waals surface area contributed by atoms with E-state index in [0.717, 1.165) is 44.6 Å². The Morgan fingerprint density at radius 2 is 2.11 bits per heavy atom. The maximum Gasteiger partial charge on any atom is 0.223 e. The van der Waals surface area contributed by atoms with Crippen molar-refractivity contribution in [2.75, 3.05) is 29.4 Å². The second-order valence-electron chi connectivity index (χ2n) is 5.58. The van der Waals surface area contributed by atoms with Crippen LogP contribution in [0.25, 0.3) is 0 Å². The maximum absolute atomic E-state index is 11.8. The predicted molar refractivity (Wildman–Crippen MR) is 79.0 cm³/mol. The molecule has 0 unspecified atom stereocenters. The van der Waals surface area contributed by atoms with Crippen molar-refractivity contribution in [1.29, 1.82) is 0 Å². The van der Waals surface area contributed by atoms with E-state index in [1.807, 2.05) is 4.90 Å². The molecule has 0 aromatic heterocycles. The molecule has 0 bridgehead atoms. The van der Waals surface area contributed by atoms with Crippen LogP contribution in [0.5, 0.6) is 0 Å². The van der Waals surface area contributed by atoms with Gasteiger partial charge in [0.25, 0.3) is 0 Å². The van der Waals surface area contributed by atoms with Gasteiger partial charge in [-0.1, -0.05) is 13.0 Å². The molecule has 1 amide bonds. The van der Waals surface area contributed by atoms with Gasteiger partial charge in [-0.3, -0.25) is 4.79 Å². The third-order valence-electron chi connectivity index (χ3n) is 4.28. The average Bonchev–Trinajstić information content (AvgIpc) is 2.82. The van der Waals surface area contributed by atoms with E-state index < -0.39 is 0 Å². The van der Waals surface area contributed by atoms with Crippen LogP contribution in [0.15, 0.2) is 12.1 Å². The topological polar surface area (TPSA) is 23.6 Å². The van der Waals surface area contributed by atoms with E-state index >= 15 is 0 Å². The van der Waals surface area contributed by atoms with Crippen LogP contribution in [0.2, 0.25) is 0 Å². The van der Waals surface area contributed by atoms with Gasteiger partial charge in [0, 0.05) is 37.9 Å². The molecule has 0 fully saturated rings. The summed E-state index contributed by atoms with van der Waals surface area (Å²) in [6, 6.07) is 4.38. The van der Waals surface area contributed by atoms with E-state index in [-0.39, 0.29) is 5.91 Å². The van der Waals surface area contributed by atoms with Crippen LogP contribution >= 0.6 is 0 Å². The molecule has 19 heavy (non-hydrogen) atoms. The zero-order valence-electron chi connectivity index (χ0n) is 11.9. The maximum atomic E-state index is 11.8. The summed E-state index contributed by atoms with van der Waals surface area (Å²) in [4.78, 5) is 16.2. The standard InChI is InChI=1S/C16H22N2O/c1-3-9-17-11-8-13-6-7-15-14(16(13)17)5-4-10-18(15)12(2)19/h6-7H,3-5,8-11H2,1-2H3. The lowest BCUT2D eigenvalue weighted by Crippen LogP contribution is -2.34. The van der Waals surface area contributed by atoms with Crippen molar-refractivity contribution in [2.24, 2.45) is 0 Å². The highest BCUT2D eigenvalue weighted by atomic mass is 16.2. The number of anilines is 2. The largest absolute Gasteiger partial charge is 0.371 e. The zero-order valence-corrected chi connectivity index (χ0v) is 11.9. The molecule has 2 heterocycles. The van der Waals surface area contributed by atoms with Crippen molar-refractivity contribution in [3.63, 3.8) is 0 Å². The summed E-state index contributed by atoms with van der Waals surface area (Å²) >= 11 is 0. The highest BCUT2D eigenvalue weighted by molar-refractivity contribution is 5.94. The van der Waals surface area contributed by atoms with E-state index in [4.69, 9.17) is 0 Å². The fourth-order valence-electron chi connectivity index (χ4n) is 3.49. The molecular formula is C16H22N2O.